The van der Waals surface area contributed by atoms with Gasteiger partial charge in [0.25, 0.3) is 0 Å². The molecule has 0 aliphatic rings. The Balaban J connectivity index is 1.73. The van der Waals surface area contributed by atoms with Crippen LogP contribution in [0.15, 0.2) is 83.8 Å². The summed E-state index contributed by atoms with van der Waals surface area (Å²) in [5.41, 5.74) is 4.54. The molecule has 0 fully saturated rings. The summed E-state index contributed by atoms with van der Waals surface area (Å²) in [6.45, 7) is 2.87. The van der Waals surface area contributed by atoms with Crippen molar-refractivity contribution in [2.75, 3.05) is 13.3 Å². The maximum absolute atomic E-state index is 4.46. The van der Waals surface area contributed by atoms with Crippen molar-refractivity contribution >= 4 is 11.8 Å². The highest BCUT2D eigenvalue weighted by molar-refractivity contribution is 7.98. The number of benzene rings is 3. The maximum Gasteiger partial charge on any atom is 0.178 e. The van der Waals surface area contributed by atoms with E-state index in [0.29, 0.717) is 0 Å². The highest BCUT2D eigenvalue weighted by Crippen LogP contribution is 2.29. The first-order valence-electron chi connectivity index (χ1n) is 9.90. The fourth-order valence-electron chi connectivity index (χ4n) is 3.68. The van der Waals surface area contributed by atoms with Crippen molar-refractivity contribution < 1.29 is 0 Å². The van der Waals surface area contributed by atoms with E-state index in [0.717, 1.165) is 29.2 Å². The maximum atomic E-state index is 4.46. The van der Waals surface area contributed by atoms with E-state index in [9.17, 15) is 0 Å². The van der Waals surface area contributed by atoms with Gasteiger partial charge in [-0.2, -0.15) is 4.68 Å². The number of aryl methyl sites for hydroxylation is 1. The molecule has 0 spiro atoms. The molecule has 0 N–H and O–H groups in total. The first kappa shape index (κ1) is 20.3. The van der Waals surface area contributed by atoms with Crippen molar-refractivity contribution in [3.63, 3.8) is 0 Å². The Labute approximate surface area is 181 Å². The minimum absolute atomic E-state index is 0.0824. The number of rotatable bonds is 7. The Bertz CT molecular complexity index is 1090. The van der Waals surface area contributed by atoms with E-state index in [1.54, 1.807) is 11.8 Å². The second-order valence-electron chi connectivity index (χ2n) is 7.31. The lowest BCUT2D eigenvalue weighted by Crippen LogP contribution is -2.28. The van der Waals surface area contributed by atoms with Crippen LogP contribution in [0.5, 0.6) is 0 Å². The molecule has 6 heteroatoms. The van der Waals surface area contributed by atoms with Gasteiger partial charge in [0.05, 0.1) is 11.7 Å². The third kappa shape index (κ3) is 4.30. The summed E-state index contributed by atoms with van der Waals surface area (Å²) in [7, 11) is 2.12. The first-order chi connectivity index (χ1) is 14.7. The number of hydrogen-bond acceptors (Lipinski definition) is 5. The summed E-state index contributed by atoms with van der Waals surface area (Å²) < 4.78 is 1.86. The molecule has 0 amide bonds. The van der Waals surface area contributed by atoms with Gasteiger partial charge in [-0.25, -0.2) is 0 Å². The Kier molecular flexibility index (Phi) is 6.26. The van der Waals surface area contributed by atoms with Crippen LogP contribution in [0.25, 0.3) is 5.69 Å². The molecule has 0 aliphatic heterocycles. The third-order valence-electron chi connectivity index (χ3n) is 5.23. The highest BCUT2D eigenvalue weighted by Gasteiger charge is 2.26. The lowest BCUT2D eigenvalue weighted by molar-refractivity contribution is 0.258. The van der Waals surface area contributed by atoms with Gasteiger partial charge in [-0.3, -0.25) is 4.90 Å². The van der Waals surface area contributed by atoms with Crippen molar-refractivity contribution in [1.29, 1.82) is 0 Å². The molecular formula is C24H25N5S. The van der Waals surface area contributed by atoms with Crippen LogP contribution in [0, 0.1) is 6.92 Å². The molecule has 0 saturated heterocycles. The van der Waals surface area contributed by atoms with Crippen molar-refractivity contribution in [3.8, 4) is 5.69 Å². The second kappa shape index (κ2) is 9.24. The minimum atomic E-state index is -0.0824. The lowest BCUT2D eigenvalue weighted by atomic mass is 10.0. The molecule has 1 aromatic heterocycles. The summed E-state index contributed by atoms with van der Waals surface area (Å²) in [6, 6.07) is 27.2. The number of hydrogen-bond donors (Lipinski definition) is 0. The zero-order valence-electron chi connectivity index (χ0n) is 17.4. The molecular weight excluding hydrogens is 390 g/mol. The van der Waals surface area contributed by atoms with Gasteiger partial charge in [-0.05, 0) is 65.5 Å². The molecule has 4 rings (SSSR count). The molecule has 3 aromatic carbocycles. The van der Waals surface area contributed by atoms with Crippen LogP contribution in [0.1, 0.15) is 28.6 Å². The van der Waals surface area contributed by atoms with Gasteiger partial charge in [0.15, 0.2) is 5.82 Å². The van der Waals surface area contributed by atoms with Gasteiger partial charge >= 0.3 is 0 Å². The van der Waals surface area contributed by atoms with Crippen LogP contribution in [-0.2, 0) is 6.54 Å². The molecule has 0 bridgehead atoms. The predicted octanol–water partition coefficient (Wildman–Crippen LogP) is 4.91. The predicted molar refractivity (Wildman–Crippen MR) is 122 cm³/mol. The van der Waals surface area contributed by atoms with Crippen LogP contribution in [-0.4, -0.2) is 38.4 Å². The van der Waals surface area contributed by atoms with Crippen molar-refractivity contribution in [2.24, 2.45) is 0 Å². The highest BCUT2D eigenvalue weighted by atomic mass is 32.2. The van der Waals surface area contributed by atoms with Crippen LogP contribution in [0.4, 0.5) is 0 Å². The van der Waals surface area contributed by atoms with E-state index in [1.165, 1.54) is 10.5 Å². The average molecular weight is 416 g/mol. The monoisotopic (exact) mass is 415 g/mol. The fourth-order valence-corrected chi connectivity index (χ4v) is 4.09. The van der Waals surface area contributed by atoms with Crippen molar-refractivity contribution in [3.05, 3.63) is 101 Å². The van der Waals surface area contributed by atoms with E-state index in [4.69, 9.17) is 0 Å². The Hall–Kier alpha value is -2.96. The largest absolute Gasteiger partial charge is 0.288 e. The van der Waals surface area contributed by atoms with Gasteiger partial charge in [0.1, 0.15) is 0 Å². The summed E-state index contributed by atoms with van der Waals surface area (Å²) >= 11 is 1.76. The van der Waals surface area contributed by atoms with E-state index in [1.807, 2.05) is 22.9 Å². The minimum Gasteiger partial charge on any atom is -0.288 e. The SMILES string of the molecule is CSc1ccc(CN(C)C(c2ccccc2)c2nnnn2-c2ccccc2C)cc1. The van der Waals surface area contributed by atoms with Crippen LogP contribution in [0.2, 0.25) is 0 Å². The normalized spacial score (nSPS) is 12.3. The average Bonchev–Trinajstić information content (AvgIpc) is 3.24. The molecule has 0 saturated carbocycles. The van der Waals surface area contributed by atoms with Gasteiger partial charge in [0.2, 0.25) is 0 Å². The van der Waals surface area contributed by atoms with Crippen LogP contribution in [0.3, 0.4) is 0 Å². The van der Waals surface area contributed by atoms with Crippen molar-refractivity contribution in [1.82, 2.24) is 25.1 Å². The van der Waals surface area contributed by atoms with E-state index >= 15 is 0 Å². The summed E-state index contributed by atoms with van der Waals surface area (Å²) in [5.74, 6) is 0.804. The Morgan fingerprint density at radius 1 is 0.933 bits per heavy atom. The zero-order valence-corrected chi connectivity index (χ0v) is 18.3. The standard InChI is InChI=1S/C24H25N5S/c1-18-9-7-8-12-22(18)29-24(25-26-27-29)23(20-10-5-4-6-11-20)28(2)17-19-13-15-21(30-3)16-14-19/h4-16,23H,17H2,1-3H3. The summed E-state index contributed by atoms with van der Waals surface area (Å²) in [5, 5.41) is 12.8. The van der Waals surface area contributed by atoms with Gasteiger partial charge in [-0.1, -0.05) is 60.7 Å². The van der Waals surface area contributed by atoms with Gasteiger partial charge in [0, 0.05) is 11.4 Å². The van der Waals surface area contributed by atoms with E-state index < -0.39 is 0 Å². The van der Waals surface area contributed by atoms with Crippen LogP contribution >= 0.6 is 11.8 Å². The van der Waals surface area contributed by atoms with E-state index in [-0.39, 0.29) is 6.04 Å². The van der Waals surface area contributed by atoms with Crippen molar-refractivity contribution in [2.45, 2.75) is 24.4 Å². The number of para-hydroxylation sites is 1. The van der Waals surface area contributed by atoms with Gasteiger partial charge in [-0.15, -0.1) is 16.9 Å². The second-order valence-corrected chi connectivity index (χ2v) is 8.19. The molecule has 0 radical (unpaired) electrons. The number of nitrogens with zero attached hydrogens (tertiary/aromatic N) is 5. The number of tetrazole rings is 1. The smallest absolute Gasteiger partial charge is 0.178 e. The molecule has 30 heavy (non-hydrogen) atoms. The Morgan fingerprint density at radius 3 is 2.33 bits per heavy atom. The third-order valence-corrected chi connectivity index (χ3v) is 5.97. The molecule has 1 atom stereocenters. The zero-order chi connectivity index (χ0) is 20.9. The Morgan fingerprint density at radius 2 is 1.63 bits per heavy atom. The number of aromatic nitrogens is 4. The lowest BCUT2D eigenvalue weighted by Gasteiger charge is -2.28. The molecule has 0 aliphatic carbocycles. The van der Waals surface area contributed by atoms with E-state index in [2.05, 4.69) is 101 Å². The first-order valence-corrected chi connectivity index (χ1v) is 11.1. The summed E-state index contributed by atoms with van der Waals surface area (Å²) in [4.78, 5) is 3.56. The summed E-state index contributed by atoms with van der Waals surface area (Å²) in [6.07, 6.45) is 2.10. The molecule has 4 aromatic rings. The van der Waals surface area contributed by atoms with Gasteiger partial charge < -0.3 is 0 Å². The number of thioether (sulfide) groups is 1. The molecule has 1 heterocycles. The fraction of sp³-hybridized carbons (Fsp3) is 0.208. The topological polar surface area (TPSA) is 46.8 Å². The quantitative estimate of drug-likeness (QED) is 0.401. The molecule has 5 nitrogen and oxygen atoms in total. The van der Waals surface area contributed by atoms with Crippen LogP contribution < -0.4 is 0 Å². The molecule has 1 unspecified atom stereocenters. The molecule has 152 valence electrons.